The number of rotatable bonds is 3. The molecular formula is C13H11N3O2. The lowest BCUT2D eigenvalue weighted by atomic mass is 10.3. The summed E-state index contributed by atoms with van der Waals surface area (Å²) < 4.78 is 4.70. The summed E-state index contributed by atoms with van der Waals surface area (Å²) in [4.78, 5) is 10.5. The number of carbonyl (C=O) groups excluding carboxylic acids is 1. The van der Waals surface area contributed by atoms with E-state index in [1.165, 1.54) is 0 Å². The number of azo groups is 1. The van der Waals surface area contributed by atoms with Gasteiger partial charge >= 0.3 is 6.09 Å². The smallest absolute Gasteiger partial charge is 0.409 e. The first-order chi connectivity index (χ1) is 8.74. The van der Waals surface area contributed by atoms with Crippen molar-refractivity contribution in [2.24, 2.45) is 16.0 Å². The van der Waals surface area contributed by atoms with Crippen molar-refractivity contribution in [3.8, 4) is 5.75 Å². The molecule has 2 rings (SSSR count). The van der Waals surface area contributed by atoms with Crippen LogP contribution in [0.4, 0.5) is 16.2 Å². The molecule has 2 aromatic rings. The predicted molar refractivity (Wildman–Crippen MR) is 67.3 cm³/mol. The van der Waals surface area contributed by atoms with E-state index in [1.807, 2.05) is 30.3 Å². The lowest BCUT2D eigenvalue weighted by Gasteiger charge is -1.99. The molecule has 5 nitrogen and oxygen atoms in total. The molecule has 90 valence electrons. The lowest BCUT2D eigenvalue weighted by molar-refractivity contribution is 0.211. The third kappa shape index (κ3) is 3.41. The average Bonchev–Trinajstić information content (AvgIpc) is 2.38. The van der Waals surface area contributed by atoms with Crippen LogP contribution in [0.25, 0.3) is 0 Å². The summed E-state index contributed by atoms with van der Waals surface area (Å²) in [5.41, 5.74) is 6.33. The summed E-state index contributed by atoms with van der Waals surface area (Å²) in [6.07, 6.45) is -0.839. The van der Waals surface area contributed by atoms with Crippen LogP contribution in [-0.4, -0.2) is 6.09 Å². The van der Waals surface area contributed by atoms with Gasteiger partial charge in [-0.3, -0.25) is 0 Å². The minimum absolute atomic E-state index is 0.376. The van der Waals surface area contributed by atoms with Crippen LogP contribution >= 0.6 is 0 Å². The number of hydrogen-bond donors (Lipinski definition) is 1. The van der Waals surface area contributed by atoms with E-state index in [9.17, 15) is 4.79 Å². The number of ether oxygens (including phenoxy) is 1. The zero-order valence-corrected chi connectivity index (χ0v) is 9.48. The average molecular weight is 241 g/mol. The Bertz CT molecular complexity index is 550. The second-order valence-corrected chi connectivity index (χ2v) is 3.45. The highest BCUT2D eigenvalue weighted by molar-refractivity contribution is 5.68. The zero-order valence-electron chi connectivity index (χ0n) is 9.48. The minimum atomic E-state index is -0.839. The SMILES string of the molecule is NC(=O)Oc1ccc(N=Nc2ccccc2)cc1. The first-order valence-corrected chi connectivity index (χ1v) is 5.28. The van der Waals surface area contributed by atoms with Gasteiger partial charge in [-0.25, -0.2) is 4.79 Å². The second-order valence-electron chi connectivity index (χ2n) is 3.45. The Labute approximate surface area is 104 Å². The fourth-order valence-corrected chi connectivity index (χ4v) is 1.31. The van der Waals surface area contributed by atoms with Crippen LogP contribution in [0.15, 0.2) is 64.8 Å². The molecule has 0 aromatic heterocycles. The van der Waals surface area contributed by atoms with Gasteiger partial charge < -0.3 is 10.5 Å². The van der Waals surface area contributed by atoms with Gasteiger partial charge in [-0.05, 0) is 36.4 Å². The Morgan fingerprint density at radius 3 is 2.00 bits per heavy atom. The van der Waals surface area contributed by atoms with Crippen molar-refractivity contribution in [2.75, 3.05) is 0 Å². The van der Waals surface area contributed by atoms with Gasteiger partial charge in [0.2, 0.25) is 0 Å². The van der Waals surface area contributed by atoms with E-state index in [1.54, 1.807) is 24.3 Å². The maximum absolute atomic E-state index is 10.5. The first-order valence-electron chi connectivity index (χ1n) is 5.28. The summed E-state index contributed by atoms with van der Waals surface area (Å²) in [5, 5.41) is 8.11. The van der Waals surface area contributed by atoms with Crippen LogP contribution in [0.3, 0.4) is 0 Å². The van der Waals surface area contributed by atoms with Crippen LogP contribution < -0.4 is 10.5 Å². The van der Waals surface area contributed by atoms with Gasteiger partial charge in [-0.15, -0.1) is 0 Å². The Morgan fingerprint density at radius 1 is 0.889 bits per heavy atom. The van der Waals surface area contributed by atoms with E-state index in [2.05, 4.69) is 10.2 Å². The number of nitrogens with two attached hydrogens (primary N) is 1. The molecule has 18 heavy (non-hydrogen) atoms. The Morgan fingerprint density at radius 2 is 1.44 bits per heavy atom. The highest BCUT2D eigenvalue weighted by Crippen LogP contribution is 2.20. The van der Waals surface area contributed by atoms with Crippen molar-refractivity contribution in [2.45, 2.75) is 0 Å². The molecule has 0 radical (unpaired) electrons. The highest BCUT2D eigenvalue weighted by Gasteiger charge is 1.98. The predicted octanol–water partition coefficient (Wildman–Crippen LogP) is 3.56. The topological polar surface area (TPSA) is 77.0 Å². The molecule has 0 saturated heterocycles. The number of hydrogen-bond acceptors (Lipinski definition) is 4. The molecule has 0 aliphatic rings. The standard InChI is InChI=1S/C13H11N3O2/c14-13(17)18-12-8-6-11(7-9-12)16-15-10-4-2-1-3-5-10/h1-9H,(H2,14,17). The van der Waals surface area contributed by atoms with E-state index < -0.39 is 6.09 Å². The molecule has 0 bridgehead atoms. The van der Waals surface area contributed by atoms with Crippen LogP contribution in [-0.2, 0) is 0 Å². The van der Waals surface area contributed by atoms with Gasteiger partial charge in [-0.1, -0.05) is 18.2 Å². The third-order valence-electron chi connectivity index (χ3n) is 2.09. The molecule has 5 heteroatoms. The molecule has 0 unspecified atom stereocenters. The van der Waals surface area contributed by atoms with Gasteiger partial charge in [-0.2, -0.15) is 10.2 Å². The fourth-order valence-electron chi connectivity index (χ4n) is 1.31. The van der Waals surface area contributed by atoms with Crippen LogP contribution in [0, 0.1) is 0 Å². The van der Waals surface area contributed by atoms with Crippen molar-refractivity contribution in [1.82, 2.24) is 0 Å². The number of benzene rings is 2. The maximum Gasteiger partial charge on any atom is 0.409 e. The summed E-state index contributed by atoms with van der Waals surface area (Å²) in [6.45, 7) is 0. The van der Waals surface area contributed by atoms with E-state index in [4.69, 9.17) is 10.5 Å². The highest BCUT2D eigenvalue weighted by atomic mass is 16.5. The summed E-state index contributed by atoms with van der Waals surface area (Å²) in [7, 11) is 0. The third-order valence-corrected chi connectivity index (χ3v) is 2.09. The van der Waals surface area contributed by atoms with Crippen molar-refractivity contribution in [1.29, 1.82) is 0 Å². The molecule has 2 aromatic carbocycles. The Hall–Kier alpha value is -2.69. The van der Waals surface area contributed by atoms with E-state index in [0.29, 0.717) is 11.4 Å². The number of primary amides is 1. The second kappa shape index (κ2) is 5.58. The number of nitrogens with zero attached hydrogens (tertiary/aromatic N) is 2. The molecule has 1 amide bonds. The summed E-state index contributed by atoms with van der Waals surface area (Å²) in [5.74, 6) is 0.376. The van der Waals surface area contributed by atoms with E-state index >= 15 is 0 Å². The molecule has 0 fully saturated rings. The van der Waals surface area contributed by atoms with Gasteiger partial charge in [0.15, 0.2) is 0 Å². The first kappa shape index (κ1) is 11.8. The molecule has 2 N–H and O–H groups in total. The number of amides is 1. The van der Waals surface area contributed by atoms with E-state index in [0.717, 1.165) is 5.69 Å². The summed E-state index contributed by atoms with van der Waals surface area (Å²) >= 11 is 0. The van der Waals surface area contributed by atoms with E-state index in [-0.39, 0.29) is 0 Å². The summed E-state index contributed by atoms with van der Waals surface area (Å²) in [6, 6.07) is 16.0. The molecule has 0 heterocycles. The molecule has 0 atom stereocenters. The zero-order chi connectivity index (χ0) is 12.8. The van der Waals surface area contributed by atoms with Gasteiger partial charge in [0, 0.05) is 0 Å². The molecule has 0 saturated carbocycles. The molecule has 0 aliphatic carbocycles. The molecule has 0 aliphatic heterocycles. The van der Waals surface area contributed by atoms with Crippen molar-refractivity contribution >= 4 is 17.5 Å². The van der Waals surface area contributed by atoms with Gasteiger partial charge in [0.05, 0.1) is 11.4 Å². The fraction of sp³-hybridized carbons (Fsp3) is 0. The van der Waals surface area contributed by atoms with Crippen molar-refractivity contribution < 1.29 is 9.53 Å². The van der Waals surface area contributed by atoms with Gasteiger partial charge in [0.25, 0.3) is 0 Å². The quantitative estimate of drug-likeness (QED) is 0.834. The monoisotopic (exact) mass is 241 g/mol. The largest absolute Gasteiger partial charge is 0.411 e. The van der Waals surface area contributed by atoms with Crippen LogP contribution in [0.5, 0.6) is 5.75 Å². The lowest BCUT2D eigenvalue weighted by Crippen LogP contribution is -2.15. The van der Waals surface area contributed by atoms with Crippen molar-refractivity contribution in [3.63, 3.8) is 0 Å². The Kier molecular flexibility index (Phi) is 3.66. The number of carbonyl (C=O) groups is 1. The van der Waals surface area contributed by atoms with Crippen LogP contribution in [0.1, 0.15) is 0 Å². The molecular weight excluding hydrogens is 230 g/mol. The van der Waals surface area contributed by atoms with Crippen molar-refractivity contribution in [3.05, 3.63) is 54.6 Å². The Balaban J connectivity index is 2.06. The van der Waals surface area contributed by atoms with Crippen LogP contribution in [0.2, 0.25) is 0 Å². The molecule has 0 spiro atoms. The minimum Gasteiger partial charge on any atom is -0.411 e. The maximum atomic E-state index is 10.5. The van der Waals surface area contributed by atoms with Gasteiger partial charge in [0.1, 0.15) is 5.75 Å². The normalized spacial score (nSPS) is 10.4.